The van der Waals surface area contributed by atoms with E-state index in [0.717, 1.165) is 26.2 Å². The van der Waals surface area contributed by atoms with Crippen LogP contribution in [0.5, 0.6) is 5.88 Å². The molecule has 0 saturated carbocycles. The number of methoxy groups -OCH3 is 1. The van der Waals surface area contributed by atoms with Crippen LogP contribution in [0.2, 0.25) is 0 Å². The SMILES string of the molecule is COc1ccc(=O)n(CCC(=O)N2CCNCC2)n1. The van der Waals surface area contributed by atoms with Crippen LogP contribution < -0.4 is 15.6 Å². The summed E-state index contributed by atoms with van der Waals surface area (Å²) >= 11 is 0. The molecule has 1 saturated heterocycles. The minimum absolute atomic E-state index is 0.0537. The molecular formula is C12H18N4O3. The van der Waals surface area contributed by atoms with Gasteiger partial charge in [-0.1, -0.05) is 0 Å². The van der Waals surface area contributed by atoms with Crippen molar-refractivity contribution in [3.63, 3.8) is 0 Å². The maximum atomic E-state index is 12.0. The van der Waals surface area contributed by atoms with Gasteiger partial charge in [0.05, 0.1) is 13.7 Å². The van der Waals surface area contributed by atoms with Gasteiger partial charge in [0.15, 0.2) is 0 Å². The van der Waals surface area contributed by atoms with E-state index in [0.29, 0.717) is 5.88 Å². The highest BCUT2D eigenvalue weighted by atomic mass is 16.5. The van der Waals surface area contributed by atoms with Gasteiger partial charge >= 0.3 is 0 Å². The van der Waals surface area contributed by atoms with Gasteiger partial charge in [-0.2, -0.15) is 0 Å². The van der Waals surface area contributed by atoms with Crippen LogP contribution in [-0.2, 0) is 11.3 Å². The second-order valence-corrected chi connectivity index (χ2v) is 4.32. The number of carbonyl (C=O) groups excluding carboxylic acids is 1. The Kier molecular flexibility index (Phi) is 4.51. The molecule has 0 atom stereocenters. The number of carbonyl (C=O) groups is 1. The summed E-state index contributed by atoms with van der Waals surface area (Å²) < 4.78 is 6.22. The number of aryl methyl sites for hydroxylation is 1. The van der Waals surface area contributed by atoms with Crippen LogP contribution in [0.15, 0.2) is 16.9 Å². The average molecular weight is 266 g/mol. The number of hydrogen-bond acceptors (Lipinski definition) is 5. The summed E-state index contributed by atoms with van der Waals surface area (Å²) in [5.41, 5.74) is -0.228. The standard InChI is InChI=1S/C12H18N4O3/c1-19-10-2-3-12(18)16(14-10)7-4-11(17)15-8-5-13-6-9-15/h2-3,13H,4-9H2,1H3. The van der Waals surface area contributed by atoms with Gasteiger partial charge < -0.3 is 15.0 Å². The first-order valence-electron chi connectivity index (χ1n) is 6.31. The molecule has 1 aliphatic heterocycles. The van der Waals surface area contributed by atoms with Gasteiger partial charge in [0.2, 0.25) is 11.8 Å². The van der Waals surface area contributed by atoms with Crippen molar-refractivity contribution in [2.24, 2.45) is 0 Å². The van der Waals surface area contributed by atoms with Crippen LogP contribution in [0.3, 0.4) is 0 Å². The zero-order valence-electron chi connectivity index (χ0n) is 11.0. The minimum Gasteiger partial charge on any atom is -0.480 e. The van der Waals surface area contributed by atoms with Gasteiger partial charge in [0.25, 0.3) is 5.56 Å². The Bertz CT molecular complexity index is 494. The van der Waals surface area contributed by atoms with Crippen molar-refractivity contribution in [3.8, 4) is 5.88 Å². The molecule has 1 aromatic heterocycles. The highest BCUT2D eigenvalue weighted by Crippen LogP contribution is 2.01. The molecule has 2 rings (SSSR count). The van der Waals surface area contributed by atoms with E-state index in [2.05, 4.69) is 10.4 Å². The molecule has 0 spiro atoms. The number of nitrogens with zero attached hydrogens (tertiary/aromatic N) is 3. The lowest BCUT2D eigenvalue weighted by molar-refractivity contribution is -0.132. The fourth-order valence-electron chi connectivity index (χ4n) is 1.97. The van der Waals surface area contributed by atoms with Crippen molar-refractivity contribution in [2.45, 2.75) is 13.0 Å². The molecule has 104 valence electrons. The van der Waals surface area contributed by atoms with Crippen molar-refractivity contribution in [1.29, 1.82) is 0 Å². The fourth-order valence-corrected chi connectivity index (χ4v) is 1.97. The molecule has 0 aliphatic carbocycles. The summed E-state index contributed by atoms with van der Waals surface area (Å²) in [5.74, 6) is 0.423. The zero-order chi connectivity index (χ0) is 13.7. The third-order valence-corrected chi connectivity index (χ3v) is 3.06. The second-order valence-electron chi connectivity index (χ2n) is 4.32. The Morgan fingerprint density at radius 1 is 1.42 bits per heavy atom. The third kappa shape index (κ3) is 3.54. The lowest BCUT2D eigenvalue weighted by Crippen LogP contribution is -2.46. The van der Waals surface area contributed by atoms with Gasteiger partial charge in [0.1, 0.15) is 0 Å². The van der Waals surface area contributed by atoms with Crippen molar-refractivity contribution in [3.05, 3.63) is 22.5 Å². The first kappa shape index (κ1) is 13.5. The van der Waals surface area contributed by atoms with Gasteiger partial charge in [-0.3, -0.25) is 9.59 Å². The summed E-state index contributed by atoms with van der Waals surface area (Å²) in [6.45, 7) is 3.36. The first-order chi connectivity index (χ1) is 9.20. The second kappa shape index (κ2) is 6.33. The fraction of sp³-hybridized carbons (Fsp3) is 0.583. The Morgan fingerprint density at radius 2 is 2.16 bits per heavy atom. The number of aromatic nitrogens is 2. The van der Waals surface area contributed by atoms with Crippen LogP contribution in [0.1, 0.15) is 6.42 Å². The van der Waals surface area contributed by atoms with E-state index in [9.17, 15) is 9.59 Å². The predicted octanol–water partition coefficient (Wildman–Crippen LogP) is -0.926. The molecule has 0 radical (unpaired) electrons. The molecule has 0 aromatic carbocycles. The van der Waals surface area contributed by atoms with Crippen LogP contribution in [0.4, 0.5) is 0 Å². The molecule has 0 bridgehead atoms. The summed E-state index contributed by atoms with van der Waals surface area (Å²) in [6, 6.07) is 2.90. The van der Waals surface area contributed by atoms with E-state index in [-0.39, 0.29) is 24.4 Å². The van der Waals surface area contributed by atoms with Crippen molar-refractivity contribution in [1.82, 2.24) is 20.0 Å². The van der Waals surface area contributed by atoms with E-state index in [1.54, 1.807) is 0 Å². The molecule has 7 heteroatoms. The predicted molar refractivity (Wildman–Crippen MR) is 69.1 cm³/mol. The monoisotopic (exact) mass is 266 g/mol. The van der Waals surface area contributed by atoms with Crippen molar-refractivity contribution in [2.75, 3.05) is 33.3 Å². The number of ether oxygens (including phenoxy) is 1. The maximum Gasteiger partial charge on any atom is 0.266 e. The molecule has 7 nitrogen and oxygen atoms in total. The zero-order valence-corrected chi connectivity index (χ0v) is 11.0. The van der Waals surface area contributed by atoms with Gasteiger partial charge in [-0.05, 0) is 0 Å². The molecule has 1 N–H and O–H groups in total. The largest absolute Gasteiger partial charge is 0.480 e. The van der Waals surface area contributed by atoms with E-state index in [1.165, 1.54) is 23.9 Å². The molecular weight excluding hydrogens is 248 g/mol. The lowest BCUT2D eigenvalue weighted by atomic mass is 10.3. The summed E-state index contributed by atoms with van der Waals surface area (Å²) in [5, 5.41) is 7.20. The molecule has 1 aliphatic rings. The molecule has 1 amide bonds. The molecule has 1 fully saturated rings. The summed E-state index contributed by atoms with van der Waals surface area (Å²) in [4.78, 5) is 25.4. The summed E-state index contributed by atoms with van der Waals surface area (Å²) in [6.07, 6.45) is 0.278. The summed E-state index contributed by atoms with van der Waals surface area (Å²) in [7, 11) is 1.49. The minimum atomic E-state index is -0.228. The normalized spacial score (nSPS) is 15.3. The van der Waals surface area contributed by atoms with Crippen LogP contribution in [0.25, 0.3) is 0 Å². The molecule has 2 heterocycles. The van der Waals surface area contributed by atoms with Crippen LogP contribution in [-0.4, -0.2) is 53.9 Å². The van der Waals surface area contributed by atoms with E-state index < -0.39 is 0 Å². The number of hydrogen-bond donors (Lipinski definition) is 1. The van der Waals surface area contributed by atoms with E-state index in [1.807, 2.05) is 4.90 Å². The quantitative estimate of drug-likeness (QED) is 0.762. The van der Waals surface area contributed by atoms with E-state index >= 15 is 0 Å². The number of amides is 1. The van der Waals surface area contributed by atoms with Crippen molar-refractivity contribution >= 4 is 5.91 Å². The Balaban J connectivity index is 1.94. The lowest BCUT2D eigenvalue weighted by Gasteiger charge is -2.27. The van der Waals surface area contributed by atoms with Crippen LogP contribution >= 0.6 is 0 Å². The Hall–Kier alpha value is -1.89. The van der Waals surface area contributed by atoms with Gasteiger partial charge in [-0.25, -0.2) is 4.68 Å². The Labute approximate surface area is 111 Å². The number of piperazine rings is 1. The molecule has 1 aromatic rings. The van der Waals surface area contributed by atoms with Crippen LogP contribution in [0, 0.1) is 0 Å². The number of nitrogens with one attached hydrogen (secondary N) is 1. The highest BCUT2D eigenvalue weighted by Gasteiger charge is 2.16. The Morgan fingerprint density at radius 3 is 2.84 bits per heavy atom. The highest BCUT2D eigenvalue weighted by molar-refractivity contribution is 5.76. The van der Waals surface area contributed by atoms with E-state index in [4.69, 9.17) is 4.74 Å². The van der Waals surface area contributed by atoms with Gasteiger partial charge in [0, 0.05) is 44.7 Å². The van der Waals surface area contributed by atoms with Gasteiger partial charge in [-0.15, -0.1) is 5.10 Å². The number of rotatable bonds is 4. The average Bonchev–Trinajstić information content (AvgIpc) is 2.47. The maximum absolute atomic E-state index is 12.0. The first-order valence-corrected chi connectivity index (χ1v) is 6.31. The third-order valence-electron chi connectivity index (χ3n) is 3.06. The molecule has 19 heavy (non-hydrogen) atoms. The topological polar surface area (TPSA) is 76.5 Å². The molecule has 0 unspecified atom stereocenters. The van der Waals surface area contributed by atoms with Crippen molar-refractivity contribution < 1.29 is 9.53 Å². The smallest absolute Gasteiger partial charge is 0.266 e.